The lowest BCUT2D eigenvalue weighted by atomic mass is 10.0. The molecule has 0 saturated heterocycles. The third-order valence-corrected chi connectivity index (χ3v) is 4.21. The lowest BCUT2D eigenvalue weighted by molar-refractivity contribution is -0.127. The van der Waals surface area contributed by atoms with E-state index in [1.807, 2.05) is 42.5 Å². The molecule has 2 amide bonds. The maximum Gasteiger partial charge on any atom is 0.240 e. The second-order valence-electron chi connectivity index (χ2n) is 6.21. The van der Waals surface area contributed by atoms with E-state index in [2.05, 4.69) is 5.32 Å². The maximum atomic E-state index is 13.0. The fourth-order valence-corrected chi connectivity index (χ4v) is 2.86. The molecule has 3 aromatic rings. The topological polar surface area (TPSA) is 72.2 Å². The Balaban J connectivity index is 1.67. The predicted molar refractivity (Wildman–Crippen MR) is 98.9 cm³/mol. The van der Waals surface area contributed by atoms with Crippen molar-refractivity contribution in [3.63, 3.8) is 0 Å². The van der Waals surface area contributed by atoms with Gasteiger partial charge in [-0.2, -0.15) is 0 Å². The zero-order chi connectivity index (χ0) is 18.5. The van der Waals surface area contributed by atoms with E-state index in [1.165, 1.54) is 12.1 Å². The predicted octanol–water partition coefficient (Wildman–Crippen LogP) is 2.73. The highest BCUT2D eigenvalue weighted by Gasteiger charge is 2.19. The summed E-state index contributed by atoms with van der Waals surface area (Å²) in [6, 6.07) is 18.6. The monoisotopic (exact) mass is 350 g/mol. The summed E-state index contributed by atoms with van der Waals surface area (Å²) in [4.78, 5) is 24.0. The van der Waals surface area contributed by atoms with Crippen molar-refractivity contribution in [2.24, 2.45) is 5.73 Å². The minimum atomic E-state index is -0.839. The molecule has 0 aliphatic rings. The Morgan fingerprint density at radius 1 is 0.923 bits per heavy atom. The van der Waals surface area contributed by atoms with Gasteiger partial charge in [-0.1, -0.05) is 54.6 Å². The van der Waals surface area contributed by atoms with Gasteiger partial charge in [-0.15, -0.1) is 0 Å². The van der Waals surface area contributed by atoms with Crippen LogP contribution >= 0.6 is 0 Å². The quantitative estimate of drug-likeness (QED) is 0.717. The molecule has 1 atom stereocenters. The van der Waals surface area contributed by atoms with Gasteiger partial charge < -0.3 is 11.1 Å². The number of fused-ring (bicyclic) bond motifs is 1. The van der Waals surface area contributed by atoms with E-state index >= 15 is 0 Å². The Hall–Kier alpha value is -3.21. The van der Waals surface area contributed by atoms with Gasteiger partial charge in [0.1, 0.15) is 11.9 Å². The van der Waals surface area contributed by atoms with Crippen molar-refractivity contribution in [2.75, 3.05) is 0 Å². The number of rotatable bonds is 6. The van der Waals surface area contributed by atoms with Gasteiger partial charge in [0, 0.05) is 6.42 Å². The minimum Gasteiger partial charge on any atom is -0.368 e. The van der Waals surface area contributed by atoms with E-state index in [4.69, 9.17) is 5.73 Å². The number of halogens is 1. The van der Waals surface area contributed by atoms with Crippen molar-refractivity contribution in [3.05, 3.63) is 83.7 Å². The number of amides is 2. The average molecular weight is 350 g/mol. The summed E-state index contributed by atoms with van der Waals surface area (Å²) in [5, 5.41) is 4.82. The Bertz CT molecular complexity index is 938. The van der Waals surface area contributed by atoms with Crippen LogP contribution in [0.1, 0.15) is 11.1 Å². The molecule has 0 unspecified atom stereocenters. The first-order valence-electron chi connectivity index (χ1n) is 8.32. The highest BCUT2D eigenvalue weighted by molar-refractivity contribution is 5.89. The van der Waals surface area contributed by atoms with Crippen molar-refractivity contribution in [3.8, 4) is 0 Å². The number of benzene rings is 3. The van der Waals surface area contributed by atoms with Crippen LogP contribution in [0.5, 0.6) is 0 Å². The summed E-state index contributed by atoms with van der Waals surface area (Å²) in [5.41, 5.74) is 6.98. The normalized spacial score (nSPS) is 11.9. The van der Waals surface area contributed by atoms with Gasteiger partial charge in [0.05, 0.1) is 6.42 Å². The van der Waals surface area contributed by atoms with Gasteiger partial charge in [0.15, 0.2) is 0 Å². The van der Waals surface area contributed by atoms with Crippen LogP contribution in [0.2, 0.25) is 0 Å². The highest BCUT2D eigenvalue weighted by Crippen LogP contribution is 2.16. The van der Waals surface area contributed by atoms with Crippen LogP contribution in [-0.2, 0) is 22.4 Å². The van der Waals surface area contributed by atoms with E-state index in [-0.39, 0.29) is 24.6 Å². The summed E-state index contributed by atoms with van der Waals surface area (Å²) in [5.74, 6) is -1.27. The molecule has 0 fully saturated rings. The van der Waals surface area contributed by atoms with Crippen LogP contribution in [0, 0.1) is 5.82 Å². The fourth-order valence-electron chi connectivity index (χ4n) is 2.86. The average Bonchev–Trinajstić information content (AvgIpc) is 2.62. The second-order valence-corrected chi connectivity index (χ2v) is 6.21. The van der Waals surface area contributed by atoms with Gasteiger partial charge in [0.25, 0.3) is 0 Å². The molecule has 132 valence electrons. The number of primary amides is 1. The molecule has 0 heterocycles. The first-order chi connectivity index (χ1) is 12.5. The van der Waals surface area contributed by atoms with Crippen LogP contribution in [0.3, 0.4) is 0 Å². The van der Waals surface area contributed by atoms with Crippen molar-refractivity contribution >= 4 is 22.6 Å². The third-order valence-electron chi connectivity index (χ3n) is 4.21. The molecule has 3 rings (SSSR count). The summed E-state index contributed by atoms with van der Waals surface area (Å²) in [6.45, 7) is 0. The summed E-state index contributed by atoms with van der Waals surface area (Å²) in [7, 11) is 0. The molecule has 3 N–H and O–H groups in total. The van der Waals surface area contributed by atoms with Gasteiger partial charge in [0.2, 0.25) is 11.8 Å². The second kappa shape index (κ2) is 7.78. The van der Waals surface area contributed by atoms with Crippen LogP contribution in [0.25, 0.3) is 10.8 Å². The Labute approximate surface area is 150 Å². The molecule has 4 nitrogen and oxygen atoms in total. The molecule has 0 spiro atoms. The van der Waals surface area contributed by atoms with Gasteiger partial charge >= 0.3 is 0 Å². The Morgan fingerprint density at radius 3 is 2.27 bits per heavy atom. The van der Waals surface area contributed by atoms with E-state index < -0.39 is 11.9 Å². The third kappa shape index (κ3) is 4.45. The van der Waals surface area contributed by atoms with Crippen molar-refractivity contribution < 1.29 is 14.0 Å². The Morgan fingerprint density at radius 2 is 1.58 bits per heavy atom. The number of nitrogens with one attached hydrogen (secondary N) is 1. The molecule has 0 aromatic heterocycles. The molecule has 3 aromatic carbocycles. The summed E-state index contributed by atoms with van der Waals surface area (Å²) >= 11 is 0. The zero-order valence-corrected chi connectivity index (χ0v) is 14.1. The SMILES string of the molecule is NC(=O)[C@H](Cc1ccc(F)cc1)NC(=O)Cc1ccc2ccccc2c1. The molecule has 5 heteroatoms. The lowest BCUT2D eigenvalue weighted by Gasteiger charge is -2.16. The Kier molecular flexibility index (Phi) is 5.27. The van der Waals surface area contributed by atoms with Gasteiger partial charge in [-0.05, 0) is 34.0 Å². The van der Waals surface area contributed by atoms with Crippen molar-refractivity contribution in [1.82, 2.24) is 5.32 Å². The number of hydrogen-bond acceptors (Lipinski definition) is 2. The van der Waals surface area contributed by atoms with E-state index in [9.17, 15) is 14.0 Å². The summed E-state index contributed by atoms with van der Waals surface area (Å²) < 4.78 is 13.0. The van der Waals surface area contributed by atoms with Crippen molar-refractivity contribution in [1.29, 1.82) is 0 Å². The van der Waals surface area contributed by atoms with Gasteiger partial charge in [-0.3, -0.25) is 9.59 Å². The molecule has 0 aliphatic heterocycles. The molecule has 0 saturated carbocycles. The molecule has 0 aliphatic carbocycles. The number of hydrogen-bond donors (Lipinski definition) is 2. The smallest absolute Gasteiger partial charge is 0.240 e. The van der Waals surface area contributed by atoms with Gasteiger partial charge in [-0.25, -0.2) is 4.39 Å². The van der Waals surface area contributed by atoms with E-state index in [0.29, 0.717) is 0 Å². The number of nitrogens with two attached hydrogens (primary N) is 1. The number of carbonyl (C=O) groups is 2. The van der Waals surface area contributed by atoms with Crippen molar-refractivity contribution in [2.45, 2.75) is 18.9 Å². The minimum absolute atomic E-state index is 0.151. The largest absolute Gasteiger partial charge is 0.368 e. The zero-order valence-electron chi connectivity index (χ0n) is 14.1. The lowest BCUT2D eigenvalue weighted by Crippen LogP contribution is -2.46. The molecule has 26 heavy (non-hydrogen) atoms. The highest BCUT2D eigenvalue weighted by atomic mass is 19.1. The fraction of sp³-hybridized carbons (Fsp3) is 0.143. The first kappa shape index (κ1) is 17.6. The first-order valence-corrected chi connectivity index (χ1v) is 8.32. The van der Waals surface area contributed by atoms with E-state index in [0.717, 1.165) is 21.9 Å². The standard InChI is InChI=1S/C21H19FN2O2/c22-18-9-6-14(7-10-18)12-19(21(23)26)24-20(25)13-15-5-8-16-3-1-2-4-17(16)11-15/h1-11,19H,12-13H2,(H2,23,26)(H,24,25)/t19-/m0/s1. The van der Waals surface area contributed by atoms with Crippen LogP contribution in [0.15, 0.2) is 66.7 Å². The summed E-state index contributed by atoms with van der Waals surface area (Å²) in [6.07, 6.45) is 0.372. The van der Waals surface area contributed by atoms with Crippen LogP contribution in [0.4, 0.5) is 4.39 Å². The van der Waals surface area contributed by atoms with E-state index in [1.54, 1.807) is 12.1 Å². The number of carbonyl (C=O) groups excluding carboxylic acids is 2. The molecular weight excluding hydrogens is 331 g/mol. The molecular formula is C21H19FN2O2. The molecule has 0 radical (unpaired) electrons. The maximum absolute atomic E-state index is 13.0. The van der Waals surface area contributed by atoms with Crippen LogP contribution < -0.4 is 11.1 Å². The molecule has 0 bridgehead atoms. The van der Waals surface area contributed by atoms with Crippen LogP contribution in [-0.4, -0.2) is 17.9 Å².